The molecule has 0 saturated heterocycles. The second-order valence-electron chi connectivity index (χ2n) is 2.37. The first kappa shape index (κ1) is 10.6. The molecule has 0 saturated carbocycles. The smallest absolute Gasteiger partial charge is 0.268 e. The normalized spacial score (nSPS) is 10.8. The molecule has 0 aromatic carbocycles. The number of nitrogens with two attached hydrogens (primary N) is 1. The van der Waals surface area contributed by atoms with Crippen LogP contribution in [0.2, 0.25) is 0 Å². The maximum absolute atomic E-state index is 12.3. The molecule has 0 amide bonds. The number of anilines is 1. The number of halogens is 3. The number of rotatable bonds is 2. The zero-order chi connectivity index (χ0) is 10.0. The number of aliphatic hydroxyl groups excluding tert-OH is 1. The van der Waals surface area contributed by atoms with Gasteiger partial charge in [0.25, 0.3) is 6.43 Å². The molecule has 6 heteroatoms. The van der Waals surface area contributed by atoms with Crippen LogP contribution < -0.4 is 5.73 Å². The van der Waals surface area contributed by atoms with Gasteiger partial charge in [0, 0.05) is 5.69 Å². The first-order valence-corrected chi connectivity index (χ1v) is 4.48. The predicted molar refractivity (Wildman–Crippen MR) is 52.2 cm³/mol. The molecule has 0 bridgehead atoms. The van der Waals surface area contributed by atoms with Gasteiger partial charge in [-0.05, 0) is 28.7 Å². The van der Waals surface area contributed by atoms with Crippen LogP contribution in [0.15, 0.2) is 6.07 Å². The Bertz CT molecular complexity index is 296. The van der Waals surface area contributed by atoms with E-state index in [0.717, 1.165) is 0 Å². The highest BCUT2D eigenvalue weighted by atomic mass is 127. The lowest BCUT2D eigenvalue weighted by Gasteiger charge is -2.07. The summed E-state index contributed by atoms with van der Waals surface area (Å²) in [5, 5.41) is 8.71. The quantitative estimate of drug-likeness (QED) is 0.645. The largest absolute Gasteiger partial charge is 0.398 e. The molecule has 0 unspecified atom stereocenters. The molecule has 0 aliphatic carbocycles. The Morgan fingerprint density at radius 2 is 2.23 bits per heavy atom. The van der Waals surface area contributed by atoms with Gasteiger partial charge in [0.15, 0.2) is 0 Å². The first-order valence-electron chi connectivity index (χ1n) is 3.40. The lowest BCUT2D eigenvalue weighted by Crippen LogP contribution is -2.03. The zero-order valence-corrected chi connectivity index (χ0v) is 8.62. The van der Waals surface area contributed by atoms with Crippen molar-refractivity contribution in [2.75, 3.05) is 5.73 Å². The van der Waals surface area contributed by atoms with Gasteiger partial charge < -0.3 is 10.8 Å². The molecule has 3 nitrogen and oxygen atoms in total. The monoisotopic (exact) mass is 300 g/mol. The predicted octanol–water partition coefficient (Wildman–Crippen LogP) is 1.70. The van der Waals surface area contributed by atoms with Crippen molar-refractivity contribution in [3.8, 4) is 0 Å². The summed E-state index contributed by atoms with van der Waals surface area (Å²) in [6, 6.07) is 1.25. The number of hydrogen-bond acceptors (Lipinski definition) is 3. The first-order chi connectivity index (χ1) is 6.06. The minimum Gasteiger partial charge on any atom is -0.398 e. The third kappa shape index (κ3) is 2.25. The molecule has 13 heavy (non-hydrogen) atoms. The van der Waals surface area contributed by atoms with Crippen LogP contribution in [0.1, 0.15) is 17.7 Å². The number of nitrogens with zero attached hydrogens (tertiary/aromatic N) is 1. The number of alkyl halides is 2. The van der Waals surface area contributed by atoms with Gasteiger partial charge in [0.1, 0.15) is 3.70 Å². The molecule has 0 aliphatic rings. The molecule has 1 aromatic heterocycles. The lowest BCUT2D eigenvalue weighted by molar-refractivity contribution is 0.150. The van der Waals surface area contributed by atoms with Crippen LogP contribution in [0.3, 0.4) is 0 Å². The van der Waals surface area contributed by atoms with Crippen LogP contribution in [0, 0.1) is 3.70 Å². The van der Waals surface area contributed by atoms with E-state index in [1.54, 1.807) is 22.6 Å². The highest BCUT2D eigenvalue weighted by molar-refractivity contribution is 14.1. The van der Waals surface area contributed by atoms with Crippen LogP contribution in [0.25, 0.3) is 0 Å². The fourth-order valence-electron chi connectivity index (χ4n) is 0.892. The van der Waals surface area contributed by atoms with Crippen LogP contribution >= 0.6 is 22.6 Å². The van der Waals surface area contributed by atoms with Crippen LogP contribution in [-0.4, -0.2) is 10.1 Å². The molecule has 1 rings (SSSR count). The van der Waals surface area contributed by atoms with Crippen molar-refractivity contribution >= 4 is 28.3 Å². The molecule has 0 aliphatic heterocycles. The van der Waals surface area contributed by atoms with E-state index in [0.29, 0.717) is 5.69 Å². The molecule has 3 N–H and O–H groups in total. The third-order valence-electron chi connectivity index (χ3n) is 1.48. The zero-order valence-electron chi connectivity index (χ0n) is 6.47. The number of nitrogen functional groups attached to an aromatic ring is 1. The van der Waals surface area contributed by atoms with E-state index < -0.39 is 6.43 Å². The van der Waals surface area contributed by atoms with Gasteiger partial charge in [-0.1, -0.05) is 0 Å². The van der Waals surface area contributed by atoms with Crippen LogP contribution in [0.4, 0.5) is 14.5 Å². The third-order valence-corrected chi connectivity index (χ3v) is 2.30. The highest BCUT2D eigenvalue weighted by Gasteiger charge is 2.17. The van der Waals surface area contributed by atoms with Gasteiger partial charge in [-0.15, -0.1) is 0 Å². The minimum atomic E-state index is -2.63. The van der Waals surface area contributed by atoms with Crippen molar-refractivity contribution in [3.05, 3.63) is 21.0 Å². The van der Waals surface area contributed by atoms with E-state index in [2.05, 4.69) is 4.98 Å². The molecule has 0 atom stereocenters. The van der Waals surface area contributed by atoms with E-state index in [9.17, 15) is 8.78 Å². The SMILES string of the molecule is Nc1cc(CO)nc(I)c1C(F)F. The number of aromatic nitrogens is 1. The summed E-state index contributed by atoms with van der Waals surface area (Å²) < 4.78 is 24.8. The van der Waals surface area contributed by atoms with Crippen LogP contribution in [-0.2, 0) is 6.61 Å². The van der Waals surface area contributed by atoms with E-state index in [-0.39, 0.29) is 21.6 Å². The standard InChI is InChI=1S/C7H7F2IN2O/c8-6(9)5-4(11)1-3(2-13)12-7(5)10/h1,6,13H,2H2,(H2,11,12). The Hall–Kier alpha value is -0.500. The number of pyridine rings is 1. The topological polar surface area (TPSA) is 59.1 Å². The van der Waals surface area contributed by atoms with Crippen molar-refractivity contribution in [1.29, 1.82) is 0 Å². The van der Waals surface area contributed by atoms with E-state index >= 15 is 0 Å². The average Bonchev–Trinajstić information content (AvgIpc) is 2.02. The summed E-state index contributed by atoms with van der Waals surface area (Å²) in [4.78, 5) is 3.75. The summed E-state index contributed by atoms with van der Waals surface area (Å²) in [5.41, 5.74) is 5.37. The maximum Gasteiger partial charge on any atom is 0.268 e. The fraction of sp³-hybridized carbons (Fsp3) is 0.286. The van der Waals surface area contributed by atoms with Crippen molar-refractivity contribution < 1.29 is 13.9 Å². The van der Waals surface area contributed by atoms with Gasteiger partial charge in [0.2, 0.25) is 0 Å². The Morgan fingerprint density at radius 3 is 2.62 bits per heavy atom. The highest BCUT2D eigenvalue weighted by Crippen LogP contribution is 2.29. The second kappa shape index (κ2) is 4.14. The van der Waals surface area contributed by atoms with Gasteiger partial charge in [-0.2, -0.15) is 0 Å². The van der Waals surface area contributed by atoms with Crippen molar-refractivity contribution in [1.82, 2.24) is 4.98 Å². The molecular formula is C7H7F2IN2O. The average molecular weight is 300 g/mol. The Morgan fingerprint density at radius 1 is 1.62 bits per heavy atom. The van der Waals surface area contributed by atoms with Crippen molar-refractivity contribution in [2.24, 2.45) is 0 Å². The van der Waals surface area contributed by atoms with Crippen LogP contribution in [0.5, 0.6) is 0 Å². The summed E-state index contributed by atoms with van der Waals surface area (Å²) >= 11 is 1.67. The molecule has 0 fully saturated rings. The van der Waals surface area contributed by atoms with Gasteiger partial charge in [0.05, 0.1) is 17.9 Å². The van der Waals surface area contributed by atoms with Crippen molar-refractivity contribution in [2.45, 2.75) is 13.0 Å². The fourth-order valence-corrected chi connectivity index (χ4v) is 1.75. The maximum atomic E-state index is 12.3. The molecule has 1 aromatic rings. The van der Waals surface area contributed by atoms with Crippen molar-refractivity contribution in [3.63, 3.8) is 0 Å². The number of hydrogen-bond donors (Lipinski definition) is 2. The van der Waals surface area contributed by atoms with Gasteiger partial charge >= 0.3 is 0 Å². The molecule has 0 radical (unpaired) electrons. The van der Waals surface area contributed by atoms with E-state index in [1.807, 2.05) is 0 Å². The van der Waals surface area contributed by atoms with E-state index in [4.69, 9.17) is 10.8 Å². The summed E-state index contributed by atoms with van der Waals surface area (Å²) in [7, 11) is 0. The molecule has 1 heterocycles. The number of aliphatic hydroxyl groups is 1. The Labute approximate surface area is 87.1 Å². The molecular weight excluding hydrogens is 293 g/mol. The second-order valence-corrected chi connectivity index (χ2v) is 3.39. The minimum absolute atomic E-state index is 0.0292. The van der Waals surface area contributed by atoms with Gasteiger partial charge in [-0.3, -0.25) is 0 Å². The summed E-state index contributed by atoms with van der Waals surface area (Å²) in [6.45, 7) is -0.302. The van der Waals surface area contributed by atoms with E-state index in [1.165, 1.54) is 6.07 Å². The lowest BCUT2D eigenvalue weighted by atomic mass is 10.2. The molecule has 72 valence electrons. The summed E-state index contributed by atoms with van der Waals surface area (Å²) in [6.07, 6.45) is -2.63. The Balaban J connectivity index is 3.23. The van der Waals surface area contributed by atoms with Gasteiger partial charge in [-0.25, -0.2) is 13.8 Å². The molecule has 0 spiro atoms. The Kier molecular flexibility index (Phi) is 3.37. The summed E-state index contributed by atoms with van der Waals surface area (Å²) in [5.74, 6) is 0.